The number of alkyl halides is 6. The summed E-state index contributed by atoms with van der Waals surface area (Å²) in [6, 6.07) is 8.86. The molecule has 1 amide bonds. The van der Waals surface area contributed by atoms with Gasteiger partial charge in [0.2, 0.25) is 5.88 Å². The zero-order chi connectivity index (χ0) is 27.3. The number of fused-ring (bicyclic) bond motifs is 1. The molecule has 37 heavy (non-hydrogen) atoms. The topological polar surface area (TPSA) is 83.0 Å². The predicted molar refractivity (Wildman–Crippen MR) is 128 cm³/mol. The summed E-state index contributed by atoms with van der Waals surface area (Å²) in [7, 11) is 0.143. The number of benzene rings is 2. The first-order valence-electron chi connectivity index (χ1n) is 10.6. The molecule has 0 aliphatic rings. The van der Waals surface area contributed by atoms with Gasteiger partial charge in [0, 0.05) is 22.5 Å². The van der Waals surface area contributed by atoms with Crippen LogP contribution in [0, 0.1) is 0 Å². The van der Waals surface area contributed by atoms with Crippen LogP contribution < -0.4 is 15.8 Å². The molecule has 0 spiro atoms. The molecule has 0 unspecified atom stereocenters. The zero-order valence-electron chi connectivity index (χ0n) is 19.6. The van der Waals surface area contributed by atoms with Gasteiger partial charge in [-0.15, -0.1) is 0 Å². The van der Waals surface area contributed by atoms with Gasteiger partial charge >= 0.3 is 12.4 Å². The van der Waals surface area contributed by atoms with Crippen molar-refractivity contribution in [3.63, 3.8) is 0 Å². The number of aromatic nitrogens is 3. The van der Waals surface area contributed by atoms with Crippen molar-refractivity contribution in [2.75, 3.05) is 20.4 Å². The molecular formula is C24H19F6N4O2P. The number of pyridine rings is 1. The normalized spacial score (nSPS) is 12.4. The Morgan fingerprint density at radius 1 is 1.00 bits per heavy atom. The summed E-state index contributed by atoms with van der Waals surface area (Å²) in [6.07, 6.45) is -8.60. The Balaban J connectivity index is 2.10. The SMILES string of the molecule is COc1nccc2c(-n3nc(-c4ccc(P(C)C)c(C(F)(F)F)c4)c(C(N)=O)c3C(F)(F)F)cccc12. The third-order valence-corrected chi connectivity index (χ3v) is 6.98. The van der Waals surface area contributed by atoms with Crippen LogP contribution in [-0.4, -0.2) is 41.1 Å². The lowest BCUT2D eigenvalue weighted by molar-refractivity contribution is -0.143. The lowest BCUT2D eigenvalue weighted by Gasteiger charge is -2.17. The van der Waals surface area contributed by atoms with Gasteiger partial charge in [0.15, 0.2) is 5.69 Å². The Hall–Kier alpha value is -3.66. The van der Waals surface area contributed by atoms with Crippen molar-refractivity contribution >= 4 is 29.9 Å². The van der Waals surface area contributed by atoms with E-state index in [0.29, 0.717) is 16.1 Å². The Bertz CT molecular complexity index is 1510. The fourth-order valence-electron chi connectivity index (χ4n) is 4.10. The fraction of sp³-hybridized carbons (Fsp3) is 0.208. The maximum absolute atomic E-state index is 14.4. The number of ether oxygens (including phenoxy) is 1. The van der Waals surface area contributed by atoms with Crippen LogP contribution >= 0.6 is 7.92 Å². The van der Waals surface area contributed by atoms with Crippen molar-refractivity contribution in [2.24, 2.45) is 5.73 Å². The van der Waals surface area contributed by atoms with Crippen LogP contribution in [-0.2, 0) is 12.4 Å². The molecule has 2 heterocycles. The van der Waals surface area contributed by atoms with Gasteiger partial charge < -0.3 is 10.5 Å². The Morgan fingerprint density at radius 2 is 1.70 bits per heavy atom. The highest BCUT2D eigenvalue weighted by molar-refractivity contribution is 7.64. The van der Waals surface area contributed by atoms with Crippen molar-refractivity contribution in [1.29, 1.82) is 0 Å². The summed E-state index contributed by atoms with van der Waals surface area (Å²) < 4.78 is 90.3. The summed E-state index contributed by atoms with van der Waals surface area (Å²) in [5.74, 6) is -1.35. The lowest BCUT2D eigenvalue weighted by atomic mass is 10.0. The number of primary amides is 1. The van der Waals surface area contributed by atoms with Gasteiger partial charge in [0.1, 0.15) is 5.69 Å². The Labute approximate surface area is 207 Å². The van der Waals surface area contributed by atoms with Crippen LogP contribution in [0.4, 0.5) is 26.3 Å². The van der Waals surface area contributed by atoms with Crippen LogP contribution in [0.3, 0.4) is 0 Å². The maximum Gasteiger partial charge on any atom is 0.434 e. The molecule has 0 fully saturated rings. The number of hydrogen-bond donors (Lipinski definition) is 1. The molecule has 2 aromatic carbocycles. The van der Waals surface area contributed by atoms with E-state index in [1.165, 1.54) is 43.6 Å². The highest BCUT2D eigenvalue weighted by Crippen LogP contribution is 2.42. The van der Waals surface area contributed by atoms with Crippen LogP contribution in [0.5, 0.6) is 5.88 Å². The van der Waals surface area contributed by atoms with E-state index >= 15 is 0 Å². The molecule has 13 heteroatoms. The number of hydrogen-bond acceptors (Lipinski definition) is 4. The second kappa shape index (κ2) is 9.33. The first-order chi connectivity index (χ1) is 17.3. The van der Waals surface area contributed by atoms with E-state index in [4.69, 9.17) is 10.5 Å². The van der Waals surface area contributed by atoms with Crippen molar-refractivity contribution in [3.8, 4) is 22.8 Å². The summed E-state index contributed by atoms with van der Waals surface area (Å²) >= 11 is 0. The van der Waals surface area contributed by atoms with E-state index < -0.39 is 48.7 Å². The second-order valence-corrected chi connectivity index (χ2v) is 10.4. The van der Waals surface area contributed by atoms with E-state index in [2.05, 4.69) is 10.1 Å². The average Bonchev–Trinajstić information content (AvgIpc) is 3.24. The van der Waals surface area contributed by atoms with Gasteiger partial charge in [0.25, 0.3) is 5.91 Å². The quantitative estimate of drug-likeness (QED) is 0.264. The molecule has 0 aliphatic carbocycles. The monoisotopic (exact) mass is 540 g/mol. The third-order valence-electron chi connectivity index (χ3n) is 5.63. The molecule has 0 aliphatic heterocycles. The van der Waals surface area contributed by atoms with E-state index in [0.717, 1.165) is 0 Å². The lowest BCUT2D eigenvalue weighted by Crippen LogP contribution is -2.21. The van der Waals surface area contributed by atoms with Gasteiger partial charge in [-0.3, -0.25) is 4.79 Å². The minimum atomic E-state index is -5.14. The van der Waals surface area contributed by atoms with E-state index in [9.17, 15) is 31.1 Å². The Morgan fingerprint density at radius 3 is 2.27 bits per heavy atom. The first-order valence-corrected chi connectivity index (χ1v) is 12.8. The number of amides is 1. The zero-order valence-corrected chi connectivity index (χ0v) is 20.5. The standard InChI is InChI=1S/C24H19F6N4O2P/c1-36-22-14-5-4-6-16(13(14)9-10-32-22)34-20(24(28,29)30)18(21(31)35)19(33-34)12-7-8-17(37(2)3)15(11-12)23(25,26)27/h4-11H,1-3H3,(H2,31,35). The summed E-state index contributed by atoms with van der Waals surface area (Å²) in [6.45, 7) is 3.24. The number of carbonyl (C=O) groups excluding carboxylic acids is 1. The van der Waals surface area contributed by atoms with Crippen molar-refractivity contribution in [3.05, 3.63) is 65.5 Å². The molecule has 2 N–H and O–H groups in total. The minimum absolute atomic E-state index is 0.0102. The number of carbonyl (C=O) groups is 1. The summed E-state index contributed by atoms with van der Waals surface area (Å²) in [5, 5.41) is 4.63. The third kappa shape index (κ3) is 4.73. The summed E-state index contributed by atoms with van der Waals surface area (Å²) in [4.78, 5) is 16.4. The van der Waals surface area contributed by atoms with E-state index in [1.54, 1.807) is 19.4 Å². The number of halogens is 6. The molecule has 6 nitrogen and oxygen atoms in total. The molecule has 0 saturated heterocycles. The molecule has 0 atom stereocenters. The summed E-state index contributed by atoms with van der Waals surface area (Å²) in [5.41, 5.74) is 0.750. The molecule has 4 aromatic rings. The van der Waals surface area contributed by atoms with Gasteiger partial charge in [0.05, 0.1) is 23.9 Å². The number of nitrogens with two attached hydrogens (primary N) is 1. The number of rotatable bonds is 5. The predicted octanol–water partition coefficient (Wildman–Crippen LogP) is 5.60. The molecule has 0 bridgehead atoms. The fourth-order valence-corrected chi connectivity index (χ4v) is 5.15. The van der Waals surface area contributed by atoms with E-state index in [-0.39, 0.29) is 27.8 Å². The maximum atomic E-state index is 14.4. The molecule has 2 aromatic heterocycles. The van der Waals surface area contributed by atoms with Gasteiger partial charge in [-0.1, -0.05) is 26.1 Å². The molecule has 4 rings (SSSR count). The number of methoxy groups -OCH3 is 1. The molecular weight excluding hydrogens is 521 g/mol. The van der Waals surface area contributed by atoms with Gasteiger partial charge in [-0.05, 0) is 42.9 Å². The highest BCUT2D eigenvalue weighted by Gasteiger charge is 2.43. The Kier molecular flexibility index (Phi) is 6.66. The van der Waals surface area contributed by atoms with Crippen molar-refractivity contribution in [1.82, 2.24) is 14.8 Å². The smallest absolute Gasteiger partial charge is 0.434 e. The highest BCUT2D eigenvalue weighted by atomic mass is 31.1. The van der Waals surface area contributed by atoms with Crippen LogP contribution in [0.15, 0.2) is 48.7 Å². The number of nitrogens with zero attached hydrogens (tertiary/aromatic N) is 3. The van der Waals surface area contributed by atoms with Crippen LogP contribution in [0.25, 0.3) is 27.7 Å². The molecule has 0 saturated carbocycles. The molecule has 194 valence electrons. The van der Waals surface area contributed by atoms with E-state index in [1.807, 2.05) is 0 Å². The second-order valence-electron chi connectivity index (χ2n) is 8.16. The largest absolute Gasteiger partial charge is 0.481 e. The first kappa shape index (κ1) is 26.4. The van der Waals surface area contributed by atoms with Crippen molar-refractivity contribution in [2.45, 2.75) is 12.4 Å². The average molecular weight is 540 g/mol. The minimum Gasteiger partial charge on any atom is -0.481 e. The van der Waals surface area contributed by atoms with Gasteiger partial charge in [-0.2, -0.15) is 31.4 Å². The van der Waals surface area contributed by atoms with Crippen molar-refractivity contribution < 1.29 is 35.9 Å². The van der Waals surface area contributed by atoms with Crippen LogP contribution in [0.1, 0.15) is 21.6 Å². The van der Waals surface area contributed by atoms with Gasteiger partial charge in [-0.25, -0.2) is 9.67 Å². The molecule has 0 radical (unpaired) electrons. The van der Waals surface area contributed by atoms with Crippen LogP contribution in [0.2, 0.25) is 0 Å².